The Bertz CT molecular complexity index is 1370. The number of allylic oxidation sites excluding steroid dienone is 2. The van der Waals surface area contributed by atoms with E-state index in [9.17, 15) is 28.4 Å². The third-order valence-electron chi connectivity index (χ3n) is 8.56. The highest BCUT2D eigenvalue weighted by molar-refractivity contribution is 7.98. The fourth-order valence-electron chi connectivity index (χ4n) is 5.54. The maximum absolute atomic E-state index is 13.3. The first-order valence-electron chi connectivity index (χ1n) is 17.6. The van der Waals surface area contributed by atoms with Crippen LogP contribution in [0.1, 0.15) is 96.6 Å². The molecule has 3 unspecified atom stereocenters. The smallest absolute Gasteiger partial charge is 0.408 e. The van der Waals surface area contributed by atoms with Crippen molar-refractivity contribution in [2.75, 3.05) is 19.6 Å². The van der Waals surface area contributed by atoms with Crippen LogP contribution in [-0.4, -0.2) is 81.3 Å². The fourth-order valence-corrected chi connectivity index (χ4v) is 6.35. The summed E-state index contributed by atoms with van der Waals surface area (Å²) in [6.45, 7) is 8.33. The van der Waals surface area contributed by atoms with E-state index in [1.54, 1.807) is 38.8 Å². The number of fused-ring (bicyclic) bond motifs is 1. The summed E-state index contributed by atoms with van der Waals surface area (Å²) >= 11 is 1.63. The topological polar surface area (TPSA) is 171 Å². The zero-order chi connectivity index (χ0) is 36.8. The van der Waals surface area contributed by atoms with Crippen LogP contribution >= 0.6 is 11.9 Å². The van der Waals surface area contributed by atoms with Crippen LogP contribution < -0.4 is 15.8 Å². The normalized spacial score (nSPS) is 20.8. The Morgan fingerprint density at radius 3 is 2.50 bits per heavy atom. The minimum atomic E-state index is -0.987. The summed E-state index contributed by atoms with van der Waals surface area (Å²) < 4.78 is 21.3. The molecule has 1 saturated heterocycles. The number of rotatable bonds is 11. The highest BCUT2D eigenvalue weighted by Crippen LogP contribution is 2.41. The van der Waals surface area contributed by atoms with Gasteiger partial charge in [-0.2, -0.15) is 0 Å². The predicted octanol–water partition coefficient (Wildman–Crippen LogP) is 5.54. The van der Waals surface area contributed by atoms with Crippen molar-refractivity contribution in [1.29, 1.82) is 0 Å². The number of hydrogen-bond donors (Lipinski definition) is 4. The van der Waals surface area contributed by atoms with E-state index in [4.69, 9.17) is 15.6 Å². The molecule has 50 heavy (non-hydrogen) atoms. The first kappa shape index (κ1) is 40.6. The van der Waals surface area contributed by atoms with Gasteiger partial charge in [-0.1, -0.05) is 44.1 Å². The van der Waals surface area contributed by atoms with E-state index in [-0.39, 0.29) is 36.6 Å². The Hall–Kier alpha value is -3.81. The van der Waals surface area contributed by atoms with Crippen molar-refractivity contribution < 1.29 is 38.2 Å². The minimum Gasteiger partial charge on any atom is -0.465 e. The summed E-state index contributed by atoms with van der Waals surface area (Å²) in [5, 5.41) is 11.8. The van der Waals surface area contributed by atoms with Crippen LogP contribution in [0.3, 0.4) is 0 Å². The van der Waals surface area contributed by atoms with Crippen LogP contribution in [0.5, 0.6) is 0 Å². The molecule has 14 heteroatoms. The third kappa shape index (κ3) is 14.2. The van der Waals surface area contributed by atoms with Crippen molar-refractivity contribution in [1.82, 2.24) is 19.8 Å². The Kier molecular flexibility index (Phi) is 15.9. The number of likely N-dealkylation sites (tertiary alicyclic amines) is 1. The number of carbonyl (C=O) groups excluding carboxylic acids is 4. The number of hydrogen-bond acceptors (Lipinski definition) is 7. The molecule has 0 radical (unpaired) electrons. The van der Waals surface area contributed by atoms with Gasteiger partial charge in [0.15, 0.2) is 0 Å². The zero-order valence-corrected chi connectivity index (χ0v) is 30.6. The monoisotopic (exact) mass is 719 g/mol. The Labute approximate surface area is 299 Å². The van der Waals surface area contributed by atoms with Gasteiger partial charge in [-0.15, -0.1) is 0 Å². The molecule has 2 aliphatic heterocycles. The van der Waals surface area contributed by atoms with Crippen molar-refractivity contribution in [3.63, 3.8) is 0 Å². The van der Waals surface area contributed by atoms with E-state index >= 15 is 0 Å². The average Bonchev–Trinajstić information content (AvgIpc) is 3.99. The van der Waals surface area contributed by atoms with Gasteiger partial charge < -0.3 is 30.7 Å². The fraction of sp³-hybridized carbons (Fsp3) is 0.639. The molecule has 1 aromatic carbocycles. The second-order valence-corrected chi connectivity index (χ2v) is 15.2. The van der Waals surface area contributed by atoms with Crippen LogP contribution in [0, 0.1) is 17.7 Å². The van der Waals surface area contributed by atoms with E-state index in [2.05, 4.69) is 29.1 Å². The predicted molar refractivity (Wildman–Crippen MR) is 190 cm³/mol. The molecule has 2 aliphatic carbocycles. The van der Waals surface area contributed by atoms with E-state index in [1.165, 1.54) is 54.4 Å². The summed E-state index contributed by atoms with van der Waals surface area (Å²) in [6, 6.07) is 4.31. The molecule has 278 valence electrons. The van der Waals surface area contributed by atoms with Crippen LogP contribution in [0.15, 0.2) is 30.4 Å². The molecule has 12 nitrogen and oxygen atoms in total. The average molecular weight is 720 g/mol. The van der Waals surface area contributed by atoms with Crippen molar-refractivity contribution in [2.45, 2.75) is 115 Å². The van der Waals surface area contributed by atoms with E-state index in [1.807, 2.05) is 6.07 Å². The molecule has 0 spiro atoms. The number of alkyl carbamates (subject to hydrolysis) is 1. The number of amides is 5. The van der Waals surface area contributed by atoms with Gasteiger partial charge in [0.25, 0.3) is 0 Å². The van der Waals surface area contributed by atoms with Gasteiger partial charge in [0.2, 0.25) is 17.7 Å². The van der Waals surface area contributed by atoms with E-state index in [0.717, 1.165) is 18.4 Å². The van der Waals surface area contributed by atoms with Gasteiger partial charge >= 0.3 is 12.2 Å². The number of carbonyl (C=O) groups is 5. The molecule has 4 aliphatic rings. The lowest BCUT2D eigenvalue weighted by Gasteiger charge is -2.26. The van der Waals surface area contributed by atoms with Gasteiger partial charge in [0.1, 0.15) is 24.0 Å². The van der Waals surface area contributed by atoms with Crippen LogP contribution in [0.2, 0.25) is 0 Å². The number of unbranched alkanes of at least 4 members (excludes halogenated alkanes) is 3. The number of halogens is 1. The molecule has 0 aromatic heterocycles. The second-order valence-electron chi connectivity index (χ2n) is 14.0. The molecule has 5 N–H and O–H groups in total. The molecule has 5 rings (SSSR count). The molecule has 2 heterocycles. The number of nitrogens with zero attached hydrogens (tertiary/aromatic N) is 2. The van der Waals surface area contributed by atoms with E-state index in [0.29, 0.717) is 42.7 Å². The first-order chi connectivity index (χ1) is 23.7. The zero-order valence-electron chi connectivity index (χ0n) is 29.8. The summed E-state index contributed by atoms with van der Waals surface area (Å²) in [5.41, 5.74) is 6.04. The van der Waals surface area contributed by atoms with Crippen molar-refractivity contribution in [3.8, 4) is 0 Å². The lowest BCUT2D eigenvalue weighted by Crippen LogP contribution is -2.48. The maximum Gasteiger partial charge on any atom is 0.408 e. The highest BCUT2D eigenvalue weighted by atomic mass is 32.2. The Morgan fingerprint density at radius 2 is 1.86 bits per heavy atom. The van der Waals surface area contributed by atoms with Crippen LogP contribution in [-0.2, 0) is 32.1 Å². The quantitative estimate of drug-likeness (QED) is 0.131. The van der Waals surface area contributed by atoms with Crippen molar-refractivity contribution in [3.05, 3.63) is 47.3 Å². The van der Waals surface area contributed by atoms with Gasteiger partial charge in [-0.3, -0.25) is 19.1 Å². The molecular weight excluding hydrogens is 665 g/mol. The number of primary amides is 1. The minimum absolute atomic E-state index is 0.164. The van der Waals surface area contributed by atoms with Gasteiger partial charge in [-0.25, -0.2) is 14.0 Å². The first-order valence-corrected chi connectivity index (χ1v) is 18.5. The second kappa shape index (κ2) is 19.5. The van der Waals surface area contributed by atoms with Crippen LogP contribution in [0.4, 0.5) is 14.0 Å². The number of nitrogens with one attached hydrogen (secondary N) is 2. The molecule has 5 amide bonds. The Morgan fingerprint density at radius 1 is 1.12 bits per heavy atom. The summed E-state index contributed by atoms with van der Waals surface area (Å²) in [6.07, 6.45) is 13.5. The Balaban J connectivity index is 0.000000205. The maximum atomic E-state index is 13.3. The van der Waals surface area contributed by atoms with Gasteiger partial charge in [0.05, 0.1) is 6.54 Å². The lowest BCUT2D eigenvalue weighted by atomic mass is 10.00. The standard InChI is InChI=1S/C14H23NOS.C12H21N3O4.C10H10FNO2/c1-2-3-4-5-6-7-11-10-13(11)14(16)15-17-12-8-9-12;1-12(2,3)19-11(18)14-7-9(16)15-6-4-5-8(15)10(13)17;11-9-3-1-2-7-4-5-12(10(13)14)6-8(7)9/h6-7,11-13H,2-5,8-10H2,1H3,(H,15,16);8H,4-7H2,1-3H3,(H2,13,17)(H,14,18);1-3H,4-6H2,(H,13,14)/b7-6-;;. The summed E-state index contributed by atoms with van der Waals surface area (Å²) in [7, 11) is 0. The lowest BCUT2D eigenvalue weighted by molar-refractivity contribution is -0.136. The van der Waals surface area contributed by atoms with Gasteiger partial charge in [0, 0.05) is 29.8 Å². The van der Waals surface area contributed by atoms with E-state index < -0.39 is 29.7 Å². The summed E-state index contributed by atoms with van der Waals surface area (Å²) in [5.74, 6) is -0.103. The van der Waals surface area contributed by atoms with Crippen molar-refractivity contribution in [2.24, 2.45) is 17.6 Å². The highest BCUT2D eigenvalue weighted by Gasteiger charge is 2.41. The number of ether oxygens (including phenoxy) is 1. The third-order valence-corrected chi connectivity index (χ3v) is 9.68. The molecular formula is C36H54FN5O7S. The molecule has 2 saturated carbocycles. The molecule has 1 aromatic rings. The number of nitrogens with two attached hydrogens (primary N) is 1. The van der Waals surface area contributed by atoms with Gasteiger partial charge in [-0.05, 0) is 102 Å². The number of carboxylic acid groups (broad SMARTS) is 1. The largest absolute Gasteiger partial charge is 0.465 e. The van der Waals surface area contributed by atoms with Crippen molar-refractivity contribution >= 4 is 41.9 Å². The van der Waals surface area contributed by atoms with Crippen LogP contribution in [0.25, 0.3) is 0 Å². The number of benzene rings is 1. The molecule has 3 fully saturated rings. The molecule has 3 atom stereocenters. The summed E-state index contributed by atoms with van der Waals surface area (Å²) in [4.78, 5) is 59.5. The SMILES string of the molecule is CC(C)(C)OC(=O)NCC(=O)N1CCCC1C(N)=O.CCCCC/C=C\C1CC1C(=O)NSC1CC1.O=C(O)N1CCc2cccc(F)c2C1. The molecule has 0 bridgehead atoms.